The molecular formula is C22H28N4O. The molecule has 3 aliphatic heterocycles. The van der Waals surface area contributed by atoms with Crippen LogP contribution in [-0.4, -0.2) is 58.1 Å². The molecule has 0 aliphatic carbocycles. The van der Waals surface area contributed by atoms with E-state index in [1.54, 1.807) is 6.20 Å². The third kappa shape index (κ3) is 3.83. The van der Waals surface area contributed by atoms with Gasteiger partial charge in [-0.1, -0.05) is 42.0 Å². The number of piperidine rings is 1. The number of carbonyl (C=O) groups excluding carboxylic acids is 1. The molecule has 3 saturated heterocycles. The van der Waals surface area contributed by atoms with Crippen molar-refractivity contribution in [1.29, 1.82) is 0 Å². The summed E-state index contributed by atoms with van der Waals surface area (Å²) in [7, 11) is 0. The van der Waals surface area contributed by atoms with Crippen LogP contribution in [0.4, 0.5) is 0 Å². The van der Waals surface area contributed by atoms with Crippen LogP contribution in [0.25, 0.3) is 11.3 Å². The van der Waals surface area contributed by atoms with Gasteiger partial charge < -0.3 is 4.90 Å². The van der Waals surface area contributed by atoms with Gasteiger partial charge in [0.1, 0.15) is 0 Å². The zero-order valence-corrected chi connectivity index (χ0v) is 16.2. The number of H-pyrrole nitrogens is 1. The Morgan fingerprint density at radius 1 is 1.19 bits per heavy atom. The summed E-state index contributed by atoms with van der Waals surface area (Å²) in [5.41, 5.74) is 3.85. The molecule has 2 atom stereocenters. The number of allylic oxidation sites excluding steroid dienone is 1. The van der Waals surface area contributed by atoms with E-state index in [1.165, 1.54) is 18.4 Å². The monoisotopic (exact) mass is 364 g/mol. The van der Waals surface area contributed by atoms with E-state index in [2.05, 4.69) is 39.9 Å². The fourth-order valence-electron chi connectivity index (χ4n) is 4.31. The van der Waals surface area contributed by atoms with Gasteiger partial charge in [-0.3, -0.25) is 14.8 Å². The van der Waals surface area contributed by atoms with E-state index in [9.17, 15) is 4.79 Å². The van der Waals surface area contributed by atoms with Gasteiger partial charge in [-0.05, 0) is 32.6 Å². The van der Waals surface area contributed by atoms with Gasteiger partial charge in [0.15, 0.2) is 0 Å². The molecule has 1 amide bonds. The molecule has 1 aromatic carbocycles. The van der Waals surface area contributed by atoms with Crippen molar-refractivity contribution < 1.29 is 4.79 Å². The second-order valence-electron chi connectivity index (χ2n) is 8.07. The molecule has 4 heterocycles. The summed E-state index contributed by atoms with van der Waals surface area (Å²) in [5.74, 6) is 0.661. The fourth-order valence-corrected chi connectivity index (χ4v) is 4.31. The van der Waals surface area contributed by atoms with Gasteiger partial charge in [0.05, 0.1) is 17.5 Å². The van der Waals surface area contributed by atoms with Crippen LogP contribution in [0.5, 0.6) is 0 Å². The van der Waals surface area contributed by atoms with Crippen molar-refractivity contribution in [2.45, 2.75) is 32.7 Å². The molecule has 5 rings (SSSR count). The number of nitrogens with one attached hydrogen (secondary N) is 1. The molecule has 1 N–H and O–H groups in total. The molecule has 0 unspecified atom stereocenters. The number of carbonyl (C=O) groups is 1. The minimum Gasteiger partial charge on any atom is -0.337 e. The lowest BCUT2D eigenvalue weighted by molar-refractivity contribution is 0.0741. The highest BCUT2D eigenvalue weighted by Crippen LogP contribution is 2.30. The van der Waals surface area contributed by atoms with Crippen LogP contribution in [0.1, 0.15) is 37.0 Å². The second-order valence-corrected chi connectivity index (χ2v) is 8.07. The Morgan fingerprint density at radius 3 is 2.78 bits per heavy atom. The molecule has 0 spiro atoms. The van der Waals surface area contributed by atoms with Crippen molar-refractivity contribution in [3.8, 4) is 11.3 Å². The predicted octanol–water partition coefficient (Wildman–Crippen LogP) is 3.58. The van der Waals surface area contributed by atoms with E-state index in [4.69, 9.17) is 0 Å². The first-order chi connectivity index (χ1) is 13.1. The SMILES string of the molecule is CC(C)=CCN1C[C@H]2CC[C@@H]1CN(C(=O)c1cn[nH]c1-c1ccccc1)C2. The van der Waals surface area contributed by atoms with E-state index >= 15 is 0 Å². The third-order valence-corrected chi connectivity index (χ3v) is 5.78. The minimum atomic E-state index is 0.101. The average Bonchev–Trinajstić information content (AvgIpc) is 2.99. The molecule has 5 heteroatoms. The number of hydrogen-bond donors (Lipinski definition) is 1. The number of hydrogen-bond acceptors (Lipinski definition) is 3. The maximum Gasteiger partial charge on any atom is 0.257 e. The number of nitrogens with zero attached hydrogens (tertiary/aromatic N) is 3. The summed E-state index contributed by atoms with van der Waals surface area (Å²) in [4.78, 5) is 18.0. The molecule has 2 bridgehead atoms. The van der Waals surface area contributed by atoms with E-state index in [-0.39, 0.29) is 5.91 Å². The first-order valence-corrected chi connectivity index (χ1v) is 9.87. The Bertz CT molecular complexity index is 822. The summed E-state index contributed by atoms with van der Waals surface area (Å²) in [6, 6.07) is 10.4. The van der Waals surface area contributed by atoms with Crippen LogP contribution in [0.2, 0.25) is 0 Å². The van der Waals surface area contributed by atoms with Crippen molar-refractivity contribution in [1.82, 2.24) is 20.0 Å². The smallest absolute Gasteiger partial charge is 0.257 e. The van der Waals surface area contributed by atoms with Crippen LogP contribution in [0, 0.1) is 5.92 Å². The lowest BCUT2D eigenvalue weighted by atomic mass is 9.95. The van der Waals surface area contributed by atoms with Crippen molar-refractivity contribution in [2.75, 3.05) is 26.2 Å². The lowest BCUT2D eigenvalue weighted by Gasteiger charge is -2.35. The van der Waals surface area contributed by atoms with E-state index in [1.807, 2.05) is 30.3 Å². The van der Waals surface area contributed by atoms with Crippen molar-refractivity contribution in [3.63, 3.8) is 0 Å². The van der Waals surface area contributed by atoms with Gasteiger partial charge in [0.2, 0.25) is 0 Å². The average molecular weight is 364 g/mol. The van der Waals surface area contributed by atoms with Crippen LogP contribution in [0.15, 0.2) is 48.2 Å². The Labute approximate surface area is 161 Å². The summed E-state index contributed by atoms with van der Waals surface area (Å²) in [6.45, 7) is 8.04. The highest BCUT2D eigenvalue weighted by atomic mass is 16.2. The van der Waals surface area contributed by atoms with Gasteiger partial charge in [0, 0.05) is 37.8 Å². The maximum absolute atomic E-state index is 13.3. The Hall–Kier alpha value is -2.40. The van der Waals surface area contributed by atoms with E-state index in [0.29, 0.717) is 17.5 Å². The zero-order chi connectivity index (χ0) is 18.8. The largest absolute Gasteiger partial charge is 0.337 e. The van der Waals surface area contributed by atoms with Gasteiger partial charge in [-0.25, -0.2) is 0 Å². The van der Waals surface area contributed by atoms with Gasteiger partial charge in [0.25, 0.3) is 5.91 Å². The van der Waals surface area contributed by atoms with Crippen molar-refractivity contribution in [2.24, 2.45) is 5.92 Å². The Balaban J connectivity index is 1.54. The Kier molecular flexibility index (Phi) is 5.12. The number of aromatic amines is 1. The number of fused-ring (bicyclic) bond motifs is 4. The molecule has 3 aliphatic rings. The number of amides is 1. The predicted molar refractivity (Wildman–Crippen MR) is 107 cm³/mol. The highest BCUT2D eigenvalue weighted by Gasteiger charge is 2.36. The summed E-state index contributed by atoms with van der Waals surface area (Å²) in [6.07, 6.45) is 6.38. The number of benzene rings is 1. The van der Waals surface area contributed by atoms with Gasteiger partial charge >= 0.3 is 0 Å². The standard InChI is InChI=1S/C22H28N4O/c1-16(2)10-11-25-13-17-8-9-19(25)15-26(14-17)22(27)20-12-23-24-21(20)18-6-4-3-5-7-18/h3-7,10,12,17,19H,8-9,11,13-15H2,1-2H3,(H,23,24)/t17-,19-/m1/s1. The molecule has 142 valence electrons. The van der Waals surface area contributed by atoms with Gasteiger partial charge in [-0.2, -0.15) is 5.10 Å². The molecule has 5 nitrogen and oxygen atoms in total. The van der Waals surface area contributed by atoms with Crippen LogP contribution in [-0.2, 0) is 0 Å². The van der Waals surface area contributed by atoms with Crippen LogP contribution in [0.3, 0.4) is 0 Å². The minimum absolute atomic E-state index is 0.101. The third-order valence-electron chi connectivity index (χ3n) is 5.78. The fraction of sp³-hybridized carbons (Fsp3) is 0.455. The molecule has 0 saturated carbocycles. The first kappa shape index (κ1) is 18.0. The van der Waals surface area contributed by atoms with Gasteiger partial charge in [-0.15, -0.1) is 0 Å². The maximum atomic E-state index is 13.3. The topological polar surface area (TPSA) is 52.2 Å². The van der Waals surface area contributed by atoms with Crippen LogP contribution < -0.4 is 0 Å². The van der Waals surface area contributed by atoms with Crippen LogP contribution >= 0.6 is 0 Å². The molecule has 2 aromatic rings. The molecule has 3 fully saturated rings. The summed E-state index contributed by atoms with van der Waals surface area (Å²) < 4.78 is 0. The molecule has 27 heavy (non-hydrogen) atoms. The zero-order valence-electron chi connectivity index (χ0n) is 16.2. The molecule has 1 aromatic heterocycles. The normalized spacial score (nSPS) is 22.5. The van der Waals surface area contributed by atoms with Crippen molar-refractivity contribution in [3.05, 3.63) is 53.7 Å². The Morgan fingerprint density at radius 2 is 2.00 bits per heavy atom. The number of rotatable bonds is 4. The molecular weight excluding hydrogens is 336 g/mol. The lowest BCUT2D eigenvalue weighted by Crippen LogP contribution is -2.44. The number of aromatic nitrogens is 2. The van der Waals surface area contributed by atoms with E-state index < -0.39 is 0 Å². The quantitative estimate of drug-likeness (QED) is 0.844. The molecule has 0 radical (unpaired) electrons. The van der Waals surface area contributed by atoms with Crippen molar-refractivity contribution >= 4 is 5.91 Å². The first-order valence-electron chi connectivity index (χ1n) is 9.87. The summed E-state index contributed by atoms with van der Waals surface area (Å²) in [5, 5.41) is 7.19. The highest BCUT2D eigenvalue weighted by molar-refractivity contribution is 5.99. The van der Waals surface area contributed by atoms with E-state index in [0.717, 1.165) is 37.4 Å². The summed E-state index contributed by atoms with van der Waals surface area (Å²) >= 11 is 0. The second kappa shape index (κ2) is 7.69.